The van der Waals surface area contributed by atoms with Gasteiger partial charge in [0.15, 0.2) is 0 Å². The van der Waals surface area contributed by atoms with Crippen molar-refractivity contribution in [2.24, 2.45) is 5.92 Å². The first-order chi connectivity index (χ1) is 7.66. The van der Waals surface area contributed by atoms with Crippen LogP contribution in [0.5, 0.6) is 0 Å². The normalized spacial score (nSPS) is 15.6. The Morgan fingerprint density at radius 3 is 2.88 bits per heavy atom. The van der Waals surface area contributed by atoms with Gasteiger partial charge in [-0.15, -0.1) is 0 Å². The van der Waals surface area contributed by atoms with Crippen molar-refractivity contribution in [1.82, 2.24) is 10.6 Å². The average molecular weight is 222 g/mol. The summed E-state index contributed by atoms with van der Waals surface area (Å²) in [6, 6.07) is 4.41. The third kappa shape index (κ3) is 2.39. The summed E-state index contributed by atoms with van der Waals surface area (Å²) in [5, 5.41) is 5.99. The minimum absolute atomic E-state index is 0.130. The van der Waals surface area contributed by atoms with Crippen molar-refractivity contribution >= 4 is 5.91 Å². The van der Waals surface area contributed by atoms with Crippen LogP contribution in [0.25, 0.3) is 0 Å². The van der Waals surface area contributed by atoms with Gasteiger partial charge < -0.3 is 10.6 Å². The Hall–Kier alpha value is -1.42. The van der Waals surface area contributed by atoms with Crippen molar-refractivity contribution in [3.63, 3.8) is 0 Å². The molecule has 1 aromatic rings. The Kier molecular flexibility index (Phi) is 3.19. The number of halogens is 1. The van der Waals surface area contributed by atoms with Crippen LogP contribution in [0.2, 0.25) is 0 Å². The van der Waals surface area contributed by atoms with Gasteiger partial charge in [-0.2, -0.15) is 0 Å². The van der Waals surface area contributed by atoms with Crippen molar-refractivity contribution in [1.29, 1.82) is 0 Å². The molecule has 1 heterocycles. The second-order valence-corrected chi connectivity index (χ2v) is 4.20. The van der Waals surface area contributed by atoms with Crippen molar-refractivity contribution in [3.8, 4) is 0 Å². The van der Waals surface area contributed by atoms with Crippen LogP contribution < -0.4 is 10.6 Å². The molecule has 4 heteroatoms. The van der Waals surface area contributed by atoms with Crippen molar-refractivity contribution in [2.45, 2.75) is 6.92 Å². The van der Waals surface area contributed by atoms with E-state index in [0.717, 1.165) is 13.1 Å². The van der Waals surface area contributed by atoms with Crippen molar-refractivity contribution < 1.29 is 9.18 Å². The van der Waals surface area contributed by atoms with E-state index in [4.69, 9.17) is 0 Å². The molecule has 0 aromatic heterocycles. The lowest BCUT2D eigenvalue weighted by atomic mass is 10.0. The molecule has 1 fully saturated rings. The van der Waals surface area contributed by atoms with Crippen LogP contribution in [0, 0.1) is 18.7 Å². The van der Waals surface area contributed by atoms with E-state index < -0.39 is 0 Å². The summed E-state index contributed by atoms with van der Waals surface area (Å²) < 4.78 is 13.0. The van der Waals surface area contributed by atoms with E-state index in [9.17, 15) is 9.18 Å². The topological polar surface area (TPSA) is 41.1 Å². The molecule has 2 rings (SSSR count). The summed E-state index contributed by atoms with van der Waals surface area (Å²) in [4.78, 5) is 11.7. The molecule has 86 valence electrons. The summed E-state index contributed by atoms with van der Waals surface area (Å²) in [7, 11) is 0. The number of amides is 1. The van der Waals surface area contributed by atoms with Gasteiger partial charge in [0, 0.05) is 31.1 Å². The zero-order chi connectivity index (χ0) is 11.5. The van der Waals surface area contributed by atoms with Gasteiger partial charge in [0.2, 0.25) is 0 Å². The van der Waals surface area contributed by atoms with Crippen LogP contribution in [0.1, 0.15) is 15.9 Å². The zero-order valence-electron chi connectivity index (χ0n) is 9.22. The average Bonchev–Trinajstić information content (AvgIpc) is 2.19. The number of hydrogen-bond donors (Lipinski definition) is 2. The minimum atomic E-state index is -0.278. The molecular weight excluding hydrogens is 207 g/mol. The van der Waals surface area contributed by atoms with Gasteiger partial charge in [0.05, 0.1) is 0 Å². The summed E-state index contributed by atoms with van der Waals surface area (Å²) in [6.07, 6.45) is 0. The van der Waals surface area contributed by atoms with Crippen LogP contribution in [0.4, 0.5) is 4.39 Å². The fraction of sp³-hybridized carbons (Fsp3) is 0.417. The lowest BCUT2D eigenvalue weighted by molar-refractivity contribution is 0.0942. The number of hydrogen-bond acceptors (Lipinski definition) is 2. The summed E-state index contributed by atoms with van der Waals surface area (Å²) in [5.41, 5.74) is 1.02. The monoisotopic (exact) mass is 222 g/mol. The van der Waals surface area contributed by atoms with Gasteiger partial charge in [0.1, 0.15) is 5.82 Å². The van der Waals surface area contributed by atoms with Crippen molar-refractivity contribution in [3.05, 3.63) is 35.1 Å². The SMILES string of the molecule is Cc1cc(C(=O)NCC2CNC2)ccc1F. The lowest BCUT2D eigenvalue weighted by Gasteiger charge is -2.27. The molecule has 0 saturated carbocycles. The maximum atomic E-state index is 13.0. The number of carbonyl (C=O) groups excluding carboxylic acids is 1. The number of benzene rings is 1. The molecule has 1 amide bonds. The molecule has 0 spiro atoms. The Bertz CT molecular complexity index is 402. The number of rotatable bonds is 3. The van der Waals surface area contributed by atoms with E-state index in [1.54, 1.807) is 13.0 Å². The van der Waals surface area contributed by atoms with Crippen LogP contribution in [-0.4, -0.2) is 25.5 Å². The van der Waals surface area contributed by atoms with E-state index >= 15 is 0 Å². The maximum absolute atomic E-state index is 13.0. The smallest absolute Gasteiger partial charge is 0.251 e. The van der Waals surface area contributed by atoms with E-state index in [0.29, 0.717) is 23.6 Å². The zero-order valence-corrected chi connectivity index (χ0v) is 9.22. The molecule has 16 heavy (non-hydrogen) atoms. The molecular formula is C12H15FN2O. The highest BCUT2D eigenvalue weighted by molar-refractivity contribution is 5.94. The third-order valence-electron chi connectivity index (χ3n) is 2.84. The predicted molar refractivity (Wildman–Crippen MR) is 59.8 cm³/mol. The van der Waals surface area contributed by atoms with E-state index in [1.807, 2.05) is 0 Å². The van der Waals surface area contributed by atoms with Gasteiger partial charge in [-0.1, -0.05) is 0 Å². The Balaban J connectivity index is 1.94. The van der Waals surface area contributed by atoms with Crippen LogP contribution in [-0.2, 0) is 0 Å². The lowest BCUT2D eigenvalue weighted by Crippen LogP contribution is -2.48. The predicted octanol–water partition coefficient (Wildman–Crippen LogP) is 1.08. The molecule has 3 nitrogen and oxygen atoms in total. The third-order valence-corrected chi connectivity index (χ3v) is 2.84. The molecule has 2 N–H and O–H groups in total. The van der Waals surface area contributed by atoms with Crippen molar-refractivity contribution in [2.75, 3.05) is 19.6 Å². The molecule has 1 aromatic carbocycles. The van der Waals surface area contributed by atoms with E-state index in [2.05, 4.69) is 10.6 Å². The van der Waals surface area contributed by atoms with Gasteiger partial charge in [-0.05, 0) is 30.7 Å². The number of nitrogens with one attached hydrogen (secondary N) is 2. The van der Waals surface area contributed by atoms with Gasteiger partial charge in [-0.25, -0.2) is 4.39 Å². The summed E-state index contributed by atoms with van der Waals surface area (Å²) in [5.74, 6) is 0.125. The van der Waals surface area contributed by atoms with Gasteiger partial charge >= 0.3 is 0 Å². The summed E-state index contributed by atoms with van der Waals surface area (Å²) >= 11 is 0. The Morgan fingerprint density at radius 2 is 2.31 bits per heavy atom. The van der Waals surface area contributed by atoms with Crippen LogP contribution in [0.3, 0.4) is 0 Å². The molecule has 0 atom stereocenters. The summed E-state index contributed by atoms with van der Waals surface area (Å²) in [6.45, 7) is 4.26. The molecule has 0 unspecified atom stereocenters. The molecule has 1 aliphatic heterocycles. The fourth-order valence-electron chi connectivity index (χ4n) is 1.62. The standard InChI is InChI=1S/C12H15FN2O/c1-8-4-10(2-3-11(8)13)12(16)15-7-9-5-14-6-9/h2-4,9,14H,5-7H2,1H3,(H,15,16). The molecule has 0 aliphatic carbocycles. The first kappa shape index (κ1) is 11.1. The molecule has 0 bridgehead atoms. The number of aryl methyl sites for hydroxylation is 1. The highest BCUT2D eigenvalue weighted by atomic mass is 19.1. The largest absolute Gasteiger partial charge is 0.352 e. The minimum Gasteiger partial charge on any atom is -0.352 e. The second kappa shape index (κ2) is 4.61. The van der Waals surface area contributed by atoms with Gasteiger partial charge in [-0.3, -0.25) is 4.79 Å². The number of carbonyl (C=O) groups is 1. The van der Waals surface area contributed by atoms with Gasteiger partial charge in [0.25, 0.3) is 5.91 Å². The highest BCUT2D eigenvalue weighted by Gasteiger charge is 2.17. The molecule has 1 aliphatic rings. The first-order valence-electron chi connectivity index (χ1n) is 5.42. The first-order valence-corrected chi connectivity index (χ1v) is 5.42. The molecule has 0 radical (unpaired) electrons. The quantitative estimate of drug-likeness (QED) is 0.803. The molecule has 1 saturated heterocycles. The van der Waals surface area contributed by atoms with E-state index in [-0.39, 0.29) is 11.7 Å². The van der Waals surface area contributed by atoms with Crippen LogP contribution >= 0.6 is 0 Å². The fourth-order valence-corrected chi connectivity index (χ4v) is 1.62. The second-order valence-electron chi connectivity index (χ2n) is 4.20. The van der Waals surface area contributed by atoms with E-state index in [1.165, 1.54) is 12.1 Å². The Morgan fingerprint density at radius 1 is 1.56 bits per heavy atom. The van der Waals surface area contributed by atoms with Crippen LogP contribution in [0.15, 0.2) is 18.2 Å². The Labute approximate surface area is 94.0 Å². The highest BCUT2D eigenvalue weighted by Crippen LogP contribution is 2.09. The maximum Gasteiger partial charge on any atom is 0.251 e.